The molecule has 1 aliphatic rings. The van der Waals surface area contributed by atoms with Crippen LogP contribution in [0.2, 0.25) is 0 Å². The van der Waals surface area contributed by atoms with Crippen LogP contribution in [0.4, 0.5) is 0 Å². The molecule has 154 valence electrons. The summed E-state index contributed by atoms with van der Waals surface area (Å²) in [6.45, 7) is 3.83. The van der Waals surface area contributed by atoms with Crippen LogP contribution in [0.1, 0.15) is 29.0 Å². The number of nitrogens with one attached hydrogen (secondary N) is 1. The zero-order valence-corrected chi connectivity index (χ0v) is 17.3. The number of rotatable bonds is 4. The van der Waals surface area contributed by atoms with E-state index in [4.69, 9.17) is 10.2 Å². The highest BCUT2D eigenvalue weighted by Crippen LogP contribution is 2.33. The lowest BCUT2D eigenvalue weighted by molar-refractivity contribution is -0.126. The molecule has 7 heteroatoms. The van der Waals surface area contributed by atoms with Gasteiger partial charge in [0, 0.05) is 42.5 Å². The van der Waals surface area contributed by atoms with Gasteiger partial charge in [0.1, 0.15) is 5.58 Å². The van der Waals surface area contributed by atoms with Crippen molar-refractivity contribution in [1.29, 1.82) is 0 Å². The minimum absolute atomic E-state index is 0. The number of hydrogen-bond acceptors (Lipinski definition) is 4. The lowest BCUT2D eigenvalue weighted by Crippen LogP contribution is -2.46. The first-order chi connectivity index (χ1) is 13.6. The van der Waals surface area contributed by atoms with E-state index in [0.717, 1.165) is 40.1 Å². The van der Waals surface area contributed by atoms with E-state index in [-0.39, 0.29) is 30.1 Å². The van der Waals surface area contributed by atoms with Gasteiger partial charge in [-0.15, -0.1) is 12.4 Å². The average Bonchev–Trinajstić information content (AvgIpc) is 3.08. The number of piperidine rings is 1. The number of nitrogens with zero attached hydrogens (tertiary/aromatic N) is 1. The molecule has 1 atom stereocenters. The molecule has 2 heterocycles. The van der Waals surface area contributed by atoms with Gasteiger partial charge in [-0.3, -0.25) is 9.59 Å². The quantitative estimate of drug-likeness (QED) is 0.684. The number of fused-ring (bicyclic) bond motifs is 3. The number of likely N-dealkylation sites (tertiary alicyclic amines) is 1. The molecule has 0 saturated carbocycles. The van der Waals surface area contributed by atoms with E-state index in [2.05, 4.69) is 5.32 Å². The van der Waals surface area contributed by atoms with Crippen LogP contribution in [-0.2, 0) is 4.79 Å². The predicted molar refractivity (Wildman–Crippen MR) is 116 cm³/mol. The largest absolute Gasteiger partial charge is 0.450 e. The summed E-state index contributed by atoms with van der Waals surface area (Å²) in [5.41, 5.74) is 7.05. The number of halogens is 1. The molecule has 2 aromatic carbocycles. The van der Waals surface area contributed by atoms with Crippen LogP contribution in [0.25, 0.3) is 21.7 Å². The number of amides is 2. The van der Waals surface area contributed by atoms with Crippen molar-refractivity contribution in [3.63, 3.8) is 0 Å². The number of furan rings is 1. The number of carbonyl (C=O) groups is 2. The number of aryl methyl sites for hydroxylation is 1. The summed E-state index contributed by atoms with van der Waals surface area (Å²) in [7, 11) is 0. The van der Waals surface area contributed by atoms with E-state index in [9.17, 15) is 9.59 Å². The predicted octanol–water partition coefficient (Wildman–Crippen LogP) is 3.24. The molecule has 0 radical (unpaired) electrons. The smallest absolute Gasteiger partial charge is 0.289 e. The molecule has 2 amide bonds. The van der Waals surface area contributed by atoms with Crippen molar-refractivity contribution >= 4 is 46.0 Å². The van der Waals surface area contributed by atoms with E-state index in [0.29, 0.717) is 31.9 Å². The van der Waals surface area contributed by atoms with Gasteiger partial charge in [-0.25, -0.2) is 0 Å². The molecule has 1 saturated heterocycles. The first kappa shape index (κ1) is 21.1. The summed E-state index contributed by atoms with van der Waals surface area (Å²) in [5, 5.41) is 5.86. The summed E-state index contributed by atoms with van der Waals surface area (Å²) in [4.78, 5) is 27.2. The Morgan fingerprint density at radius 3 is 2.79 bits per heavy atom. The number of hydrogen-bond donors (Lipinski definition) is 2. The third-order valence-corrected chi connectivity index (χ3v) is 5.55. The van der Waals surface area contributed by atoms with Gasteiger partial charge in [-0.2, -0.15) is 0 Å². The lowest BCUT2D eigenvalue weighted by atomic mass is 9.96. The fraction of sp³-hybridized carbons (Fsp3) is 0.364. The van der Waals surface area contributed by atoms with Gasteiger partial charge in [-0.05, 0) is 25.2 Å². The topological polar surface area (TPSA) is 88.6 Å². The minimum Gasteiger partial charge on any atom is -0.450 e. The van der Waals surface area contributed by atoms with Gasteiger partial charge < -0.3 is 20.4 Å². The Balaban J connectivity index is 0.00000240. The van der Waals surface area contributed by atoms with Crippen molar-refractivity contribution in [1.82, 2.24) is 10.2 Å². The van der Waals surface area contributed by atoms with Crippen LogP contribution >= 0.6 is 12.4 Å². The third-order valence-electron chi connectivity index (χ3n) is 5.55. The Morgan fingerprint density at radius 1 is 1.21 bits per heavy atom. The van der Waals surface area contributed by atoms with Crippen molar-refractivity contribution in [3.05, 3.63) is 47.7 Å². The molecule has 0 aliphatic carbocycles. The highest BCUT2D eigenvalue weighted by molar-refractivity contribution is 6.09. The molecule has 1 fully saturated rings. The van der Waals surface area contributed by atoms with Gasteiger partial charge in [-0.1, -0.05) is 36.4 Å². The third kappa shape index (κ3) is 3.95. The summed E-state index contributed by atoms with van der Waals surface area (Å²) in [5.74, 6) is -0.00601. The Morgan fingerprint density at radius 2 is 2.00 bits per heavy atom. The van der Waals surface area contributed by atoms with E-state index >= 15 is 0 Å². The van der Waals surface area contributed by atoms with Crippen LogP contribution in [-0.4, -0.2) is 42.9 Å². The molecule has 3 aromatic rings. The molecule has 1 aromatic heterocycles. The van der Waals surface area contributed by atoms with Gasteiger partial charge in [0.05, 0.1) is 5.92 Å². The molecular formula is C22H26ClN3O3. The van der Waals surface area contributed by atoms with E-state index < -0.39 is 0 Å². The zero-order chi connectivity index (χ0) is 19.7. The van der Waals surface area contributed by atoms with Gasteiger partial charge >= 0.3 is 0 Å². The molecule has 1 aliphatic heterocycles. The van der Waals surface area contributed by atoms with E-state index in [1.807, 2.05) is 43.3 Å². The average molecular weight is 416 g/mol. The van der Waals surface area contributed by atoms with Crippen LogP contribution in [0.15, 0.2) is 40.8 Å². The van der Waals surface area contributed by atoms with Crippen molar-refractivity contribution in [2.24, 2.45) is 11.7 Å². The Bertz CT molecular complexity index is 1050. The number of benzene rings is 2. The SMILES string of the molecule is Cc1c(C(=O)N2CCCC(C(=O)NCCN)C2)oc2c1ccc1ccccc12.Cl. The van der Waals surface area contributed by atoms with Crippen molar-refractivity contribution in [3.8, 4) is 0 Å². The lowest BCUT2D eigenvalue weighted by Gasteiger charge is -2.31. The molecule has 4 rings (SSSR count). The highest BCUT2D eigenvalue weighted by atomic mass is 35.5. The molecule has 0 spiro atoms. The normalized spacial score (nSPS) is 16.6. The maximum atomic E-state index is 13.2. The first-order valence-corrected chi connectivity index (χ1v) is 9.78. The summed E-state index contributed by atoms with van der Waals surface area (Å²) < 4.78 is 6.08. The monoisotopic (exact) mass is 415 g/mol. The molecule has 0 bridgehead atoms. The second-order valence-electron chi connectivity index (χ2n) is 7.39. The van der Waals surface area contributed by atoms with Crippen LogP contribution < -0.4 is 11.1 Å². The van der Waals surface area contributed by atoms with Crippen LogP contribution in [0.5, 0.6) is 0 Å². The Hall–Kier alpha value is -2.57. The van der Waals surface area contributed by atoms with Crippen LogP contribution in [0.3, 0.4) is 0 Å². The summed E-state index contributed by atoms with van der Waals surface area (Å²) >= 11 is 0. The Kier molecular flexibility index (Phi) is 6.45. The van der Waals surface area contributed by atoms with E-state index in [1.165, 1.54) is 0 Å². The van der Waals surface area contributed by atoms with Crippen molar-refractivity contribution in [2.75, 3.05) is 26.2 Å². The molecular weight excluding hydrogens is 390 g/mol. The highest BCUT2D eigenvalue weighted by Gasteiger charge is 2.31. The molecule has 1 unspecified atom stereocenters. The second kappa shape index (κ2) is 8.84. The Labute approximate surface area is 175 Å². The minimum atomic E-state index is -0.199. The number of nitrogens with two attached hydrogens (primary N) is 1. The van der Waals surface area contributed by atoms with Crippen molar-refractivity contribution < 1.29 is 14.0 Å². The molecule has 3 N–H and O–H groups in total. The standard InChI is InChI=1S/C22H25N3O3.ClH/c1-14-17-9-8-15-5-2-3-7-18(15)20(17)28-19(14)22(27)25-12-4-6-16(13-25)21(26)24-11-10-23;/h2-3,5,7-9,16H,4,6,10-13,23H2,1H3,(H,24,26);1H. The number of carbonyl (C=O) groups excluding carboxylic acids is 2. The maximum Gasteiger partial charge on any atom is 0.289 e. The summed E-state index contributed by atoms with van der Waals surface area (Å²) in [6, 6.07) is 12.0. The van der Waals surface area contributed by atoms with Crippen molar-refractivity contribution in [2.45, 2.75) is 19.8 Å². The zero-order valence-electron chi connectivity index (χ0n) is 16.4. The summed E-state index contributed by atoms with van der Waals surface area (Å²) in [6.07, 6.45) is 1.58. The van der Waals surface area contributed by atoms with E-state index in [1.54, 1.807) is 4.90 Å². The maximum absolute atomic E-state index is 13.2. The van der Waals surface area contributed by atoms with Gasteiger partial charge in [0.25, 0.3) is 5.91 Å². The van der Waals surface area contributed by atoms with Gasteiger partial charge in [0.2, 0.25) is 5.91 Å². The fourth-order valence-corrected chi connectivity index (χ4v) is 4.01. The fourth-order valence-electron chi connectivity index (χ4n) is 4.01. The first-order valence-electron chi connectivity index (χ1n) is 9.78. The molecule has 6 nitrogen and oxygen atoms in total. The second-order valence-corrected chi connectivity index (χ2v) is 7.39. The molecule has 29 heavy (non-hydrogen) atoms. The van der Waals surface area contributed by atoms with Crippen LogP contribution in [0, 0.1) is 12.8 Å². The van der Waals surface area contributed by atoms with Gasteiger partial charge in [0.15, 0.2) is 5.76 Å².